The molecule has 2 fully saturated rings. The van der Waals surface area contributed by atoms with Crippen molar-refractivity contribution in [3.05, 3.63) is 22.7 Å². The SMILES string of the molecule is O=C(CN1CCC(c2nnc(-c3ccsc3)o2)CC1)NC1CCCCC1. The highest BCUT2D eigenvalue weighted by Crippen LogP contribution is 2.29. The van der Waals surface area contributed by atoms with Crippen molar-refractivity contribution in [2.75, 3.05) is 19.6 Å². The molecule has 4 rings (SSSR count). The van der Waals surface area contributed by atoms with Crippen molar-refractivity contribution in [2.24, 2.45) is 0 Å². The number of rotatable bonds is 5. The molecule has 1 amide bonds. The summed E-state index contributed by atoms with van der Waals surface area (Å²) in [5.41, 5.74) is 0.991. The Balaban J connectivity index is 1.24. The maximum absolute atomic E-state index is 12.3. The molecule has 2 aromatic rings. The maximum atomic E-state index is 12.3. The highest BCUT2D eigenvalue weighted by atomic mass is 32.1. The first kappa shape index (κ1) is 17.7. The van der Waals surface area contributed by atoms with E-state index in [-0.39, 0.29) is 5.91 Å². The predicted molar refractivity (Wildman–Crippen MR) is 101 cm³/mol. The molecule has 7 heteroatoms. The Morgan fingerprint density at radius 1 is 1.19 bits per heavy atom. The summed E-state index contributed by atoms with van der Waals surface area (Å²) in [6.07, 6.45) is 7.99. The Labute approximate surface area is 158 Å². The lowest BCUT2D eigenvalue weighted by Crippen LogP contribution is -2.44. The van der Waals surface area contributed by atoms with Gasteiger partial charge in [0.25, 0.3) is 0 Å². The van der Waals surface area contributed by atoms with E-state index < -0.39 is 0 Å². The zero-order chi connectivity index (χ0) is 17.8. The second kappa shape index (κ2) is 8.31. The molecule has 0 radical (unpaired) electrons. The van der Waals surface area contributed by atoms with Crippen molar-refractivity contribution < 1.29 is 9.21 Å². The minimum atomic E-state index is 0.174. The van der Waals surface area contributed by atoms with Gasteiger partial charge in [0.05, 0.1) is 6.54 Å². The third-order valence-electron chi connectivity index (χ3n) is 5.48. The molecule has 0 bridgehead atoms. The third-order valence-corrected chi connectivity index (χ3v) is 6.17. The zero-order valence-corrected chi connectivity index (χ0v) is 15.8. The van der Waals surface area contributed by atoms with Crippen LogP contribution < -0.4 is 5.32 Å². The average molecular weight is 375 g/mol. The number of hydrogen-bond acceptors (Lipinski definition) is 6. The minimum Gasteiger partial charge on any atom is -0.420 e. The van der Waals surface area contributed by atoms with E-state index in [2.05, 4.69) is 20.4 Å². The molecule has 0 unspecified atom stereocenters. The smallest absolute Gasteiger partial charge is 0.248 e. The van der Waals surface area contributed by atoms with Crippen LogP contribution in [0.3, 0.4) is 0 Å². The van der Waals surface area contributed by atoms with Crippen LogP contribution in [0.4, 0.5) is 0 Å². The molecule has 1 saturated heterocycles. The van der Waals surface area contributed by atoms with Crippen molar-refractivity contribution in [1.82, 2.24) is 20.4 Å². The molecule has 140 valence electrons. The molecule has 3 heterocycles. The fourth-order valence-electron chi connectivity index (χ4n) is 3.96. The van der Waals surface area contributed by atoms with Gasteiger partial charge in [0.2, 0.25) is 17.7 Å². The fraction of sp³-hybridized carbons (Fsp3) is 0.632. The van der Waals surface area contributed by atoms with E-state index in [1.165, 1.54) is 19.3 Å². The van der Waals surface area contributed by atoms with Gasteiger partial charge in [-0.05, 0) is 50.2 Å². The van der Waals surface area contributed by atoms with Crippen molar-refractivity contribution in [3.8, 4) is 11.5 Å². The van der Waals surface area contributed by atoms with Crippen LogP contribution in [0.15, 0.2) is 21.2 Å². The molecule has 2 aliphatic rings. The summed E-state index contributed by atoms with van der Waals surface area (Å²) < 4.78 is 5.87. The first-order chi connectivity index (χ1) is 12.8. The molecule has 26 heavy (non-hydrogen) atoms. The van der Waals surface area contributed by atoms with Gasteiger partial charge in [0.1, 0.15) is 0 Å². The summed E-state index contributed by atoms with van der Waals surface area (Å²) in [6.45, 7) is 2.31. The second-order valence-corrected chi connectivity index (χ2v) is 8.19. The number of aromatic nitrogens is 2. The van der Waals surface area contributed by atoms with E-state index in [9.17, 15) is 4.79 Å². The topological polar surface area (TPSA) is 71.3 Å². The van der Waals surface area contributed by atoms with Gasteiger partial charge < -0.3 is 9.73 Å². The molecule has 6 nitrogen and oxygen atoms in total. The molecule has 1 saturated carbocycles. The number of amides is 1. The third kappa shape index (κ3) is 4.32. The van der Waals surface area contributed by atoms with Gasteiger partial charge in [0.15, 0.2) is 0 Å². The van der Waals surface area contributed by atoms with Crippen LogP contribution in [0, 0.1) is 0 Å². The number of hydrogen-bond donors (Lipinski definition) is 1. The van der Waals surface area contributed by atoms with E-state index in [0.717, 1.165) is 50.2 Å². The van der Waals surface area contributed by atoms with Crippen molar-refractivity contribution >= 4 is 17.2 Å². The highest BCUT2D eigenvalue weighted by Gasteiger charge is 2.26. The van der Waals surface area contributed by atoms with Crippen LogP contribution in [-0.2, 0) is 4.79 Å². The molecular weight excluding hydrogens is 348 g/mol. The molecule has 1 aliphatic heterocycles. The average Bonchev–Trinajstić information content (AvgIpc) is 3.35. The van der Waals surface area contributed by atoms with E-state index in [1.807, 2.05) is 16.8 Å². The van der Waals surface area contributed by atoms with Crippen molar-refractivity contribution in [3.63, 3.8) is 0 Å². The van der Waals surface area contributed by atoms with Crippen molar-refractivity contribution in [2.45, 2.75) is 56.9 Å². The molecule has 1 aliphatic carbocycles. The van der Waals surface area contributed by atoms with Crippen LogP contribution >= 0.6 is 11.3 Å². The lowest BCUT2D eigenvalue weighted by molar-refractivity contribution is -0.123. The van der Waals surface area contributed by atoms with Gasteiger partial charge in [-0.25, -0.2) is 0 Å². The minimum absolute atomic E-state index is 0.174. The van der Waals surface area contributed by atoms with E-state index in [4.69, 9.17) is 4.42 Å². The Bertz CT molecular complexity index is 701. The first-order valence-corrected chi connectivity index (χ1v) is 10.6. The summed E-state index contributed by atoms with van der Waals surface area (Å²) in [7, 11) is 0. The molecule has 1 N–H and O–H groups in total. The van der Waals surface area contributed by atoms with Crippen LogP contribution in [-0.4, -0.2) is 46.7 Å². The standard InChI is InChI=1S/C19H26N4O2S/c24-17(20-16-4-2-1-3-5-16)12-23-9-6-14(7-10-23)18-21-22-19(25-18)15-8-11-26-13-15/h8,11,13-14,16H,1-7,9-10,12H2,(H,20,24). The van der Waals surface area contributed by atoms with Crippen molar-refractivity contribution in [1.29, 1.82) is 0 Å². The monoisotopic (exact) mass is 374 g/mol. The van der Waals surface area contributed by atoms with E-state index in [1.54, 1.807) is 11.3 Å². The van der Waals surface area contributed by atoms with Gasteiger partial charge in [-0.1, -0.05) is 19.3 Å². The summed E-state index contributed by atoms with van der Waals surface area (Å²) >= 11 is 1.63. The largest absolute Gasteiger partial charge is 0.420 e. The quantitative estimate of drug-likeness (QED) is 0.868. The normalized spacial score (nSPS) is 20.3. The van der Waals surface area contributed by atoms with Gasteiger partial charge in [-0.2, -0.15) is 11.3 Å². The number of likely N-dealkylation sites (tertiary alicyclic amines) is 1. The lowest BCUT2D eigenvalue weighted by Gasteiger charge is -2.30. The Kier molecular flexibility index (Phi) is 5.65. The van der Waals surface area contributed by atoms with Crippen LogP contribution in [0.25, 0.3) is 11.5 Å². The summed E-state index contributed by atoms with van der Waals surface area (Å²) in [4.78, 5) is 14.5. The number of carbonyl (C=O) groups excluding carboxylic acids is 1. The van der Waals surface area contributed by atoms with Gasteiger partial charge in [-0.15, -0.1) is 10.2 Å². The number of nitrogens with one attached hydrogen (secondary N) is 1. The number of carbonyl (C=O) groups is 1. The van der Waals surface area contributed by atoms with Gasteiger partial charge >= 0.3 is 0 Å². The zero-order valence-electron chi connectivity index (χ0n) is 15.0. The Morgan fingerprint density at radius 3 is 2.73 bits per heavy atom. The second-order valence-electron chi connectivity index (χ2n) is 7.41. The first-order valence-electron chi connectivity index (χ1n) is 9.65. The van der Waals surface area contributed by atoms with Gasteiger partial charge in [-0.3, -0.25) is 9.69 Å². The van der Waals surface area contributed by atoms with Crippen LogP contribution in [0.2, 0.25) is 0 Å². The summed E-state index contributed by atoms with van der Waals surface area (Å²) in [5, 5.41) is 15.7. The molecular formula is C19H26N4O2S. The Morgan fingerprint density at radius 2 is 2.00 bits per heavy atom. The maximum Gasteiger partial charge on any atom is 0.248 e. The summed E-state index contributed by atoms with van der Waals surface area (Å²) in [5.74, 6) is 1.81. The van der Waals surface area contributed by atoms with E-state index in [0.29, 0.717) is 24.4 Å². The van der Waals surface area contributed by atoms with Crippen LogP contribution in [0.1, 0.15) is 56.8 Å². The Hall–Kier alpha value is -1.73. The van der Waals surface area contributed by atoms with E-state index >= 15 is 0 Å². The number of thiophene rings is 1. The lowest BCUT2D eigenvalue weighted by atomic mass is 9.95. The molecule has 0 aromatic carbocycles. The summed E-state index contributed by atoms with van der Waals surface area (Å²) in [6, 6.07) is 2.39. The fourth-order valence-corrected chi connectivity index (χ4v) is 4.59. The van der Waals surface area contributed by atoms with Gasteiger partial charge in [0, 0.05) is 22.9 Å². The van der Waals surface area contributed by atoms with Crippen LogP contribution in [0.5, 0.6) is 0 Å². The predicted octanol–water partition coefficient (Wildman–Crippen LogP) is 3.43. The highest BCUT2D eigenvalue weighted by molar-refractivity contribution is 7.08. The number of nitrogens with zero attached hydrogens (tertiary/aromatic N) is 3. The molecule has 0 atom stereocenters. The number of piperidine rings is 1. The molecule has 2 aromatic heterocycles. The molecule has 0 spiro atoms.